The van der Waals surface area contributed by atoms with Crippen LogP contribution in [0.4, 0.5) is 0 Å². The standard InChI is InChI=1S/C16H18ClN3O2S/c1-2-14(21)19-9-15-20-13(10-23-15)16(22)18-7-6-11-4-3-5-12(17)8-11/h3-5,8,10H,2,6-7,9H2,1H3,(H,18,22)(H,19,21). The molecule has 0 saturated carbocycles. The monoisotopic (exact) mass is 351 g/mol. The van der Waals surface area contributed by atoms with E-state index in [-0.39, 0.29) is 11.8 Å². The Kier molecular flexibility index (Phi) is 6.55. The molecule has 0 aliphatic rings. The van der Waals surface area contributed by atoms with Gasteiger partial charge in [0, 0.05) is 23.4 Å². The molecule has 2 amide bonds. The van der Waals surface area contributed by atoms with Gasteiger partial charge in [0.15, 0.2) is 0 Å². The molecular weight excluding hydrogens is 334 g/mol. The van der Waals surface area contributed by atoms with Crippen LogP contribution in [0.2, 0.25) is 5.02 Å². The normalized spacial score (nSPS) is 10.3. The molecule has 0 aliphatic heterocycles. The van der Waals surface area contributed by atoms with Crippen LogP contribution in [0.5, 0.6) is 0 Å². The number of benzene rings is 1. The Morgan fingerprint density at radius 2 is 2.13 bits per heavy atom. The van der Waals surface area contributed by atoms with Gasteiger partial charge in [-0.05, 0) is 24.1 Å². The van der Waals surface area contributed by atoms with Gasteiger partial charge in [-0.1, -0.05) is 30.7 Å². The smallest absolute Gasteiger partial charge is 0.270 e. The average Bonchev–Trinajstić information content (AvgIpc) is 3.01. The van der Waals surface area contributed by atoms with Crippen molar-refractivity contribution in [1.29, 1.82) is 0 Å². The van der Waals surface area contributed by atoms with Gasteiger partial charge in [-0.25, -0.2) is 4.98 Å². The summed E-state index contributed by atoms with van der Waals surface area (Å²) < 4.78 is 0. The highest BCUT2D eigenvalue weighted by atomic mass is 35.5. The Morgan fingerprint density at radius 3 is 2.87 bits per heavy atom. The number of thiazole rings is 1. The summed E-state index contributed by atoms with van der Waals surface area (Å²) in [4.78, 5) is 27.5. The van der Waals surface area contributed by atoms with Gasteiger partial charge >= 0.3 is 0 Å². The number of hydrogen-bond acceptors (Lipinski definition) is 4. The summed E-state index contributed by atoms with van der Waals surface area (Å²) in [6.07, 6.45) is 1.14. The molecular formula is C16H18ClN3O2S. The third-order valence-electron chi connectivity index (χ3n) is 3.13. The molecule has 0 fully saturated rings. The number of nitrogens with zero attached hydrogens (tertiary/aromatic N) is 1. The van der Waals surface area contributed by atoms with Crippen LogP contribution in [0, 0.1) is 0 Å². The van der Waals surface area contributed by atoms with E-state index in [4.69, 9.17) is 11.6 Å². The second-order valence-electron chi connectivity index (χ2n) is 4.89. The molecule has 2 N–H and O–H groups in total. The van der Waals surface area contributed by atoms with Crippen molar-refractivity contribution in [2.24, 2.45) is 0 Å². The van der Waals surface area contributed by atoms with E-state index in [1.54, 1.807) is 12.3 Å². The zero-order valence-corrected chi connectivity index (χ0v) is 14.3. The van der Waals surface area contributed by atoms with Gasteiger partial charge in [-0.15, -0.1) is 11.3 Å². The van der Waals surface area contributed by atoms with E-state index in [0.717, 1.165) is 5.56 Å². The lowest BCUT2D eigenvalue weighted by Gasteiger charge is -2.04. The Hall–Kier alpha value is -1.92. The Bertz CT molecular complexity index is 687. The van der Waals surface area contributed by atoms with Crippen LogP contribution in [0.25, 0.3) is 0 Å². The van der Waals surface area contributed by atoms with Gasteiger partial charge in [-0.3, -0.25) is 9.59 Å². The number of carbonyl (C=O) groups is 2. The Labute approximate surface area is 144 Å². The largest absolute Gasteiger partial charge is 0.350 e. The maximum absolute atomic E-state index is 12.0. The van der Waals surface area contributed by atoms with E-state index in [2.05, 4.69) is 15.6 Å². The summed E-state index contributed by atoms with van der Waals surface area (Å²) in [5, 5.41) is 8.67. The van der Waals surface area contributed by atoms with Gasteiger partial charge in [0.2, 0.25) is 5.91 Å². The van der Waals surface area contributed by atoms with Crippen LogP contribution >= 0.6 is 22.9 Å². The average molecular weight is 352 g/mol. The van der Waals surface area contributed by atoms with Crippen LogP contribution in [0.3, 0.4) is 0 Å². The zero-order chi connectivity index (χ0) is 16.7. The highest BCUT2D eigenvalue weighted by molar-refractivity contribution is 7.09. The quantitative estimate of drug-likeness (QED) is 0.805. The number of rotatable bonds is 7. The van der Waals surface area contributed by atoms with Crippen molar-refractivity contribution in [3.63, 3.8) is 0 Å². The van der Waals surface area contributed by atoms with Crippen molar-refractivity contribution in [3.8, 4) is 0 Å². The van der Waals surface area contributed by atoms with Crippen molar-refractivity contribution in [1.82, 2.24) is 15.6 Å². The molecule has 5 nitrogen and oxygen atoms in total. The number of halogens is 1. The molecule has 0 spiro atoms. The molecule has 2 rings (SSSR count). The minimum atomic E-state index is -0.212. The van der Waals surface area contributed by atoms with Gasteiger partial charge in [0.1, 0.15) is 10.7 Å². The lowest BCUT2D eigenvalue weighted by atomic mass is 10.1. The van der Waals surface area contributed by atoms with Gasteiger partial charge in [-0.2, -0.15) is 0 Å². The number of nitrogens with one attached hydrogen (secondary N) is 2. The first-order valence-corrected chi connectivity index (χ1v) is 8.58. The predicted molar refractivity (Wildman–Crippen MR) is 91.7 cm³/mol. The van der Waals surface area contributed by atoms with E-state index in [1.807, 2.05) is 24.3 Å². The number of aromatic nitrogens is 1. The van der Waals surface area contributed by atoms with E-state index >= 15 is 0 Å². The molecule has 0 aliphatic carbocycles. The molecule has 7 heteroatoms. The Balaban J connectivity index is 1.79. The summed E-state index contributed by atoms with van der Waals surface area (Å²) in [6.45, 7) is 2.65. The number of hydrogen-bond donors (Lipinski definition) is 2. The molecule has 1 aromatic heterocycles. The third kappa shape index (κ3) is 5.65. The Morgan fingerprint density at radius 1 is 1.30 bits per heavy atom. The molecule has 1 aromatic carbocycles. The second kappa shape index (κ2) is 8.64. The molecule has 0 saturated heterocycles. The summed E-state index contributed by atoms with van der Waals surface area (Å²) in [7, 11) is 0. The summed E-state index contributed by atoms with van der Waals surface area (Å²) in [6, 6.07) is 7.55. The number of amides is 2. The van der Waals surface area contributed by atoms with E-state index in [0.29, 0.717) is 41.7 Å². The second-order valence-corrected chi connectivity index (χ2v) is 6.27. The fraction of sp³-hybridized carbons (Fsp3) is 0.312. The fourth-order valence-corrected chi connectivity index (χ4v) is 2.83. The molecule has 23 heavy (non-hydrogen) atoms. The SMILES string of the molecule is CCC(=O)NCc1nc(C(=O)NCCc2cccc(Cl)c2)cs1. The van der Waals surface area contributed by atoms with Crippen LogP contribution in [-0.4, -0.2) is 23.3 Å². The lowest BCUT2D eigenvalue weighted by Crippen LogP contribution is -2.26. The van der Waals surface area contributed by atoms with Crippen LogP contribution < -0.4 is 10.6 Å². The highest BCUT2D eigenvalue weighted by Crippen LogP contribution is 2.11. The number of carbonyl (C=O) groups excluding carboxylic acids is 2. The minimum absolute atomic E-state index is 0.0345. The molecule has 122 valence electrons. The van der Waals surface area contributed by atoms with Crippen LogP contribution in [-0.2, 0) is 17.8 Å². The van der Waals surface area contributed by atoms with Gasteiger partial charge in [0.05, 0.1) is 6.54 Å². The van der Waals surface area contributed by atoms with Crippen LogP contribution in [0.1, 0.15) is 34.4 Å². The maximum atomic E-state index is 12.0. The van der Waals surface area contributed by atoms with Crippen molar-refractivity contribution < 1.29 is 9.59 Å². The molecule has 0 unspecified atom stereocenters. The topological polar surface area (TPSA) is 71.1 Å². The lowest BCUT2D eigenvalue weighted by molar-refractivity contribution is -0.120. The first-order chi connectivity index (χ1) is 11.1. The third-order valence-corrected chi connectivity index (χ3v) is 4.21. The van der Waals surface area contributed by atoms with Crippen molar-refractivity contribution in [2.45, 2.75) is 26.3 Å². The van der Waals surface area contributed by atoms with Gasteiger partial charge < -0.3 is 10.6 Å². The van der Waals surface area contributed by atoms with Crippen molar-refractivity contribution >= 4 is 34.8 Å². The molecule has 0 atom stereocenters. The fourth-order valence-electron chi connectivity index (χ4n) is 1.90. The summed E-state index contributed by atoms with van der Waals surface area (Å²) in [5.41, 5.74) is 1.45. The van der Waals surface area contributed by atoms with E-state index < -0.39 is 0 Å². The van der Waals surface area contributed by atoms with E-state index in [1.165, 1.54) is 11.3 Å². The highest BCUT2D eigenvalue weighted by Gasteiger charge is 2.10. The molecule has 0 bridgehead atoms. The maximum Gasteiger partial charge on any atom is 0.270 e. The zero-order valence-electron chi connectivity index (χ0n) is 12.8. The van der Waals surface area contributed by atoms with Gasteiger partial charge in [0.25, 0.3) is 5.91 Å². The summed E-state index contributed by atoms with van der Waals surface area (Å²) in [5.74, 6) is -0.246. The molecule has 2 aromatic rings. The van der Waals surface area contributed by atoms with Crippen molar-refractivity contribution in [3.05, 3.63) is 50.9 Å². The predicted octanol–water partition coefficient (Wildman–Crippen LogP) is 2.80. The summed E-state index contributed by atoms with van der Waals surface area (Å²) >= 11 is 7.28. The minimum Gasteiger partial charge on any atom is -0.350 e. The van der Waals surface area contributed by atoms with Crippen molar-refractivity contribution in [2.75, 3.05) is 6.54 Å². The van der Waals surface area contributed by atoms with E-state index in [9.17, 15) is 9.59 Å². The molecule has 1 heterocycles. The molecule has 0 radical (unpaired) electrons. The first kappa shape index (κ1) is 17.4. The van der Waals surface area contributed by atoms with Crippen LogP contribution in [0.15, 0.2) is 29.6 Å². The first-order valence-electron chi connectivity index (χ1n) is 7.32.